The fraction of sp³-hybridized carbons (Fsp3) is 0.105. The number of thioether (sulfide) groups is 1. The first kappa shape index (κ1) is 16.8. The minimum absolute atomic E-state index is 0.0452. The molecular weight excluding hydrogens is 366 g/mol. The number of benzene rings is 2. The van der Waals surface area contributed by atoms with Gasteiger partial charge in [0.15, 0.2) is 4.34 Å². The molecule has 5 nitrogen and oxygen atoms in total. The van der Waals surface area contributed by atoms with E-state index in [0.717, 1.165) is 21.3 Å². The highest BCUT2D eigenvalue weighted by Crippen LogP contribution is 2.31. The Morgan fingerprint density at radius 2 is 1.92 bits per heavy atom. The number of anilines is 2. The normalized spacial score (nSPS) is 13.2. The first-order valence-corrected chi connectivity index (χ1v) is 9.90. The van der Waals surface area contributed by atoms with Crippen molar-refractivity contribution in [1.29, 1.82) is 0 Å². The molecule has 0 fully saturated rings. The summed E-state index contributed by atoms with van der Waals surface area (Å²) >= 11 is 2.92. The summed E-state index contributed by atoms with van der Waals surface area (Å²) in [6.07, 6.45) is 0. The molecule has 130 valence electrons. The number of nitrogens with one attached hydrogen (secondary N) is 1. The van der Waals surface area contributed by atoms with Gasteiger partial charge in [0.05, 0.1) is 22.8 Å². The molecule has 2 heterocycles. The Balaban J connectivity index is 1.45. The molecule has 3 aromatic rings. The highest BCUT2D eigenvalue weighted by Gasteiger charge is 2.26. The molecule has 4 rings (SSSR count). The van der Waals surface area contributed by atoms with Gasteiger partial charge in [0.25, 0.3) is 0 Å². The van der Waals surface area contributed by atoms with Crippen LogP contribution in [0.4, 0.5) is 11.4 Å². The molecule has 0 aliphatic carbocycles. The Kier molecular flexibility index (Phi) is 4.73. The maximum Gasteiger partial charge on any atom is 0.244 e. The van der Waals surface area contributed by atoms with Gasteiger partial charge in [0.1, 0.15) is 6.54 Å². The van der Waals surface area contributed by atoms with Gasteiger partial charge in [0, 0.05) is 10.9 Å². The Morgan fingerprint density at radius 1 is 1.15 bits per heavy atom. The van der Waals surface area contributed by atoms with Crippen molar-refractivity contribution in [1.82, 2.24) is 4.98 Å². The smallest absolute Gasteiger partial charge is 0.244 e. The zero-order valence-electron chi connectivity index (χ0n) is 13.7. The molecule has 1 aromatic heterocycles. The van der Waals surface area contributed by atoms with E-state index in [-0.39, 0.29) is 24.1 Å². The van der Waals surface area contributed by atoms with Gasteiger partial charge in [-0.15, -0.1) is 11.3 Å². The second-order valence-corrected chi connectivity index (χ2v) is 7.78. The van der Waals surface area contributed by atoms with Crippen molar-refractivity contribution < 1.29 is 9.59 Å². The number of rotatable bonds is 4. The van der Waals surface area contributed by atoms with Gasteiger partial charge in [-0.05, 0) is 12.1 Å². The van der Waals surface area contributed by atoms with E-state index in [1.54, 1.807) is 6.07 Å². The van der Waals surface area contributed by atoms with E-state index in [1.165, 1.54) is 28.0 Å². The predicted molar refractivity (Wildman–Crippen MR) is 106 cm³/mol. The number of para-hydroxylation sites is 2. The highest BCUT2D eigenvalue weighted by atomic mass is 32.2. The second kappa shape index (κ2) is 7.31. The lowest BCUT2D eigenvalue weighted by Gasteiger charge is -2.28. The van der Waals surface area contributed by atoms with E-state index >= 15 is 0 Å². The van der Waals surface area contributed by atoms with Crippen LogP contribution in [-0.2, 0) is 9.59 Å². The van der Waals surface area contributed by atoms with Crippen molar-refractivity contribution in [3.8, 4) is 11.3 Å². The summed E-state index contributed by atoms with van der Waals surface area (Å²) in [5.74, 6) is -0.0416. The highest BCUT2D eigenvalue weighted by molar-refractivity contribution is 8.01. The second-order valence-electron chi connectivity index (χ2n) is 5.70. The maximum absolute atomic E-state index is 12.7. The molecule has 0 atom stereocenters. The molecule has 2 aromatic carbocycles. The van der Waals surface area contributed by atoms with Gasteiger partial charge in [-0.3, -0.25) is 9.59 Å². The monoisotopic (exact) mass is 381 g/mol. The van der Waals surface area contributed by atoms with E-state index in [2.05, 4.69) is 10.3 Å². The lowest BCUT2D eigenvalue weighted by atomic mass is 10.2. The number of nitrogens with zero attached hydrogens (tertiary/aromatic N) is 2. The average molecular weight is 381 g/mol. The Hall–Kier alpha value is -2.64. The van der Waals surface area contributed by atoms with Crippen LogP contribution in [0.1, 0.15) is 0 Å². The molecule has 7 heteroatoms. The first-order valence-electron chi connectivity index (χ1n) is 8.04. The SMILES string of the molecule is O=C1CN(C(=O)CSc2nc(-c3ccccc3)cs2)c2ccccc2N1. The van der Waals surface area contributed by atoms with Crippen molar-refractivity contribution >= 4 is 46.3 Å². The molecule has 2 amide bonds. The Morgan fingerprint density at radius 3 is 2.77 bits per heavy atom. The average Bonchev–Trinajstić information content (AvgIpc) is 3.15. The van der Waals surface area contributed by atoms with Crippen LogP contribution in [0.2, 0.25) is 0 Å². The number of fused-ring (bicyclic) bond motifs is 1. The lowest BCUT2D eigenvalue weighted by Crippen LogP contribution is -2.43. The standard InChI is InChI=1S/C19H15N3O2S2/c23-17-10-22(16-9-5-4-8-14(16)20-17)18(24)12-26-19-21-15(11-25-19)13-6-2-1-3-7-13/h1-9,11H,10,12H2,(H,20,23). The summed E-state index contributed by atoms with van der Waals surface area (Å²) in [7, 11) is 0. The van der Waals surface area contributed by atoms with Crippen molar-refractivity contribution in [2.45, 2.75) is 4.34 Å². The molecule has 0 saturated carbocycles. The Labute approximate surface area is 159 Å². The number of carbonyl (C=O) groups excluding carboxylic acids is 2. The number of aromatic nitrogens is 1. The molecule has 1 aliphatic heterocycles. The van der Waals surface area contributed by atoms with Crippen LogP contribution in [0.5, 0.6) is 0 Å². The quantitative estimate of drug-likeness (QED) is 0.697. The van der Waals surface area contributed by atoms with E-state index in [1.807, 2.05) is 53.9 Å². The number of amides is 2. The van der Waals surface area contributed by atoms with Crippen molar-refractivity contribution in [3.63, 3.8) is 0 Å². The largest absolute Gasteiger partial charge is 0.323 e. The van der Waals surface area contributed by atoms with Crippen LogP contribution in [0.3, 0.4) is 0 Å². The number of thiazole rings is 1. The van der Waals surface area contributed by atoms with Crippen LogP contribution < -0.4 is 10.2 Å². The van der Waals surface area contributed by atoms with Gasteiger partial charge >= 0.3 is 0 Å². The molecule has 0 spiro atoms. The van der Waals surface area contributed by atoms with Gasteiger partial charge < -0.3 is 10.2 Å². The molecule has 26 heavy (non-hydrogen) atoms. The van der Waals surface area contributed by atoms with Crippen LogP contribution in [-0.4, -0.2) is 29.1 Å². The van der Waals surface area contributed by atoms with Crippen LogP contribution >= 0.6 is 23.1 Å². The molecule has 0 saturated heterocycles. The van der Waals surface area contributed by atoms with Crippen LogP contribution in [0, 0.1) is 0 Å². The summed E-state index contributed by atoms with van der Waals surface area (Å²) in [4.78, 5) is 30.6. The van der Waals surface area contributed by atoms with Crippen molar-refractivity contribution in [3.05, 3.63) is 60.0 Å². The molecular formula is C19H15N3O2S2. The fourth-order valence-electron chi connectivity index (χ4n) is 2.72. The minimum atomic E-state index is -0.178. The third-order valence-electron chi connectivity index (χ3n) is 3.94. The third kappa shape index (κ3) is 3.49. The number of hydrogen-bond donors (Lipinski definition) is 1. The van der Waals surface area contributed by atoms with Gasteiger partial charge in [0.2, 0.25) is 11.8 Å². The summed E-state index contributed by atoms with van der Waals surface area (Å²) in [5.41, 5.74) is 3.38. The van der Waals surface area contributed by atoms with Crippen molar-refractivity contribution in [2.75, 3.05) is 22.5 Å². The van der Waals surface area contributed by atoms with E-state index in [0.29, 0.717) is 5.69 Å². The van der Waals surface area contributed by atoms with Gasteiger partial charge in [-0.25, -0.2) is 4.98 Å². The van der Waals surface area contributed by atoms with E-state index in [9.17, 15) is 9.59 Å². The van der Waals surface area contributed by atoms with Gasteiger partial charge in [-0.2, -0.15) is 0 Å². The van der Waals surface area contributed by atoms with Crippen LogP contribution in [0.25, 0.3) is 11.3 Å². The zero-order chi connectivity index (χ0) is 17.9. The van der Waals surface area contributed by atoms with Gasteiger partial charge in [-0.1, -0.05) is 54.2 Å². The maximum atomic E-state index is 12.7. The Bertz CT molecular complexity index is 956. The summed E-state index contributed by atoms with van der Waals surface area (Å²) in [5, 5.41) is 4.78. The minimum Gasteiger partial charge on any atom is -0.323 e. The molecule has 0 bridgehead atoms. The summed E-state index contributed by atoms with van der Waals surface area (Å²) in [6, 6.07) is 17.3. The van der Waals surface area contributed by atoms with Crippen molar-refractivity contribution in [2.24, 2.45) is 0 Å². The predicted octanol–water partition coefficient (Wildman–Crippen LogP) is 3.89. The summed E-state index contributed by atoms with van der Waals surface area (Å²) in [6.45, 7) is 0.0452. The molecule has 0 radical (unpaired) electrons. The molecule has 1 aliphatic rings. The summed E-state index contributed by atoms with van der Waals surface area (Å²) < 4.78 is 0.840. The first-order chi connectivity index (χ1) is 12.7. The van der Waals surface area contributed by atoms with E-state index < -0.39 is 0 Å². The van der Waals surface area contributed by atoms with E-state index in [4.69, 9.17) is 0 Å². The fourth-order valence-corrected chi connectivity index (χ4v) is 4.43. The third-order valence-corrected chi connectivity index (χ3v) is 5.95. The molecule has 1 N–H and O–H groups in total. The topological polar surface area (TPSA) is 62.3 Å². The molecule has 0 unspecified atom stereocenters. The van der Waals surface area contributed by atoms with Crippen LogP contribution in [0.15, 0.2) is 64.3 Å². The lowest BCUT2D eigenvalue weighted by molar-refractivity contribution is -0.120. The number of hydrogen-bond acceptors (Lipinski definition) is 5. The zero-order valence-corrected chi connectivity index (χ0v) is 15.3. The number of carbonyl (C=O) groups is 2.